The molecule has 5 rings (SSSR count). The maximum Gasteiger partial charge on any atom is 0.264 e. The highest BCUT2D eigenvalue weighted by atomic mass is 35.5. The number of amides is 1. The molecule has 0 unspecified atom stereocenters. The van der Waals surface area contributed by atoms with Gasteiger partial charge >= 0.3 is 0 Å². The van der Waals surface area contributed by atoms with Gasteiger partial charge in [0.25, 0.3) is 15.9 Å². The van der Waals surface area contributed by atoms with E-state index in [9.17, 15) is 13.2 Å². The standard InChI is InChI=1S/C28H28ClN3O5S2/c1-30(39(34,35)23-9-10-25(37-3)24(29)18-23)21-6-11-26-19(16-21)17-27(38-26)28(33)32-14-12-31(13-15-32)20-4-7-22(36-2)8-5-20/h4-11,16-18H,12-15H2,1-3H3. The van der Waals surface area contributed by atoms with Crippen LogP contribution in [0.5, 0.6) is 11.5 Å². The Morgan fingerprint density at radius 2 is 1.64 bits per heavy atom. The molecule has 204 valence electrons. The van der Waals surface area contributed by atoms with Gasteiger partial charge in [-0.05, 0) is 72.1 Å². The zero-order valence-electron chi connectivity index (χ0n) is 21.8. The number of anilines is 2. The van der Waals surface area contributed by atoms with Crippen LogP contribution in [0.2, 0.25) is 5.02 Å². The molecule has 3 aromatic carbocycles. The fourth-order valence-corrected chi connectivity index (χ4v) is 7.10. The molecular formula is C28H28ClN3O5S2. The zero-order chi connectivity index (χ0) is 27.7. The lowest BCUT2D eigenvalue weighted by Crippen LogP contribution is -2.48. The summed E-state index contributed by atoms with van der Waals surface area (Å²) in [5.41, 5.74) is 1.59. The Kier molecular flexibility index (Phi) is 7.61. The van der Waals surface area contributed by atoms with E-state index in [4.69, 9.17) is 21.1 Å². The third kappa shape index (κ3) is 5.36. The van der Waals surface area contributed by atoms with E-state index in [2.05, 4.69) is 4.90 Å². The second-order valence-corrected chi connectivity index (χ2v) is 12.5. The first-order valence-electron chi connectivity index (χ1n) is 12.3. The SMILES string of the molecule is COc1ccc(N2CCN(C(=O)c3cc4cc(N(C)S(=O)(=O)c5ccc(OC)c(Cl)c5)ccc4s3)CC2)cc1. The molecular weight excluding hydrogens is 558 g/mol. The number of thiophene rings is 1. The Labute approximate surface area is 237 Å². The third-order valence-corrected chi connectivity index (χ3v) is 10.0. The Hall–Kier alpha value is -3.47. The maximum atomic E-state index is 13.3. The predicted octanol–water partition coefficient (Wildman–Crippen LogP) is 5.36. The Bertz CT molecular complexity index is 1610. The van der Waals surface area contributed by atoms with Crippen molar-refractivity contribution < 1.29 is 22.7 Å². The van der Waals surface area contributed by atoms with Crippen molar-refractivity contribution in [1.82, 2.24) is 4.90 Å². The smallest absolute Gasteiger partial charge is 0.264 e. The van der Waals surface area contributed by atoms with Crippen molar-refractivity contribution in [2.24, 2.45) is 0 Å². The summed E-state index contributed by atoms with van der Waals surface area (Å²) in [4.78, 5) is 18.1. The average molecular weight is 586 g/mol. The summed E-state index contributed by atoms with van der Waals surface area (Å²) >= 11 is 7.57. The van der Waals surface area contributed by atoms with E-state index in [1.807, 2.05) is 41.3 Å². The second kappa shape index (κ2) is 11.0. The number of sulfonamides is 1. The molecule has 1 amide bonds. The number of rotatable bonds is 7. The van der Waals surface area contributed by atoms with Gasteiger partial charge in [0.1, 0.15) is 11.5 Å². The molecule has 0 atom stereocenters. The van der Waals surface area contributed by atoms with E-state index >= 15 is 0 Å². The predicted molar refractivity (Wildman–Crippen MR) is 157 cm³/mol. The van der Waals surface area contributed by atoms with Gasteiger partial charge in [-0.15, -0.1) is 11.3 Å². The van der Waals surface area contributed by atoms with E-state index < -0.39 is 10.0 Å². The lowest BCUT2D eigenvalue weighted by Gasteiger charge is -2.36. The molecule has 0 bridgehead atoms. The van der Waals surface area contributed by atoms with Crippen molar-refractivity contribution in [3.8, 4) is 11.5 Å². The minimum atomic E-state index is -3.86. The largest absolute Gasteiger partial charge is 0.497 e. The number of carbonyl (C=O) groups is 1. The van der Waals surface area contributed by atoms with Crippen molar-refractivity contribution in [2.45, 2.75) is 4.90 Å². The first-order chi connectivity index (χ1) is 18.7. The normalized spacial score (nSPS) is 13.9. The van der Waals surface area contributed by atoms with Crippen molar-refractivity contribution in [1.29, 1.82) is 0 Å². The highest BCUT2D eigenvalue weighted by Gasteiger charge is 2.25. The summed E-state index contributed by atoms with van der Waals surface area (Å²) in [5.74, 6) is 1.20. The molecule has 1 saturated heterocycles. The summed E-state index contributed by atoms with van der Waals surface area (Å²) in [6.45, 7) is 2.72. The van der Waals surface area contributed by atoms with E-state index in [-0.39, 0.29) is 15.8 Å². The molecule has 11 heteroatoms. The fraction of sp³-hybridized carbons (Fsp3) is 0.250. The van der Waals surface area contributed by atoms with Crippen LogP contribution in [-0.2, 0) is 10.0 Å². The van der Waals surface area contributed by atoms with Crippen molar-refractivity contribution in [3.63, 3.8) is 0 Å². The second-order valence-electron chi connectivity index (χ2n) is 9.08. The number of piperazine rings is 1. The molecule has 0 saturated carbocycles. The number of carbonyl (C=O) groups excluding carboxylic acids is 1. The molecule has 2 heterocycles. The number of benzene rings is 3. The lowest BCUT2D eigenvalue weighted by atomic mass is 10.2. The van der Waals surface area contributed by atoms with Crippen LogP contribution in [0.25, 0.3) is 10.1 Å². The van der Waals surface area contributed by atoms with Crippen LogP contribution in [0.15, 0.2) is 71.6 Å². The van der Waals surface area contributed by atoms with Crippen LogP contribution in [-0.4, -0.2) is 66.7 Å². The van der Waals surface area contributed by atoms with Gasteiger partial charge in [0.05, 0.1) is 34.7 Å². The minimum absolute atomic E-state index is 0.0130. The van der Waals surface area contributed by atoms with E-state index in [1.165, 1.54) is 48.0 Å². The number of hydrogen-bond acceptors (Lipinski definition) is 7. The van der Waals surface area contributed by atoms with Crippen molar-refractivity contribution in [3.05, 3.63) is 76.6 Å². The van der Waals surface area contributed by atoms with Gasteiger partial charge in [-0.2, -0.15) is 0 Å². The minimum Gasteiger partial charge on any atom is -0.497 e. The molecule has 4 aromatic rings. The van der Waals surface area contributed by atoms with Gasteiger partial charge < -0.3 is 19.3 Å². The average Bonchev–Trinajstić information content (AvgIpc) is 3.40. The Balaban J connectivity index is 1.30. The van der Waals surface area contributed by atoms with Crippen LogP contribution in [0.1, 0.15) is 9.67 Å². The summed E-state index contributed by atoms with van der Waals surface area (Å²) < 4.78 is 39.0. The Morgan fingerprint density at radius 3 is 2.28 bits per heavy atom. The maximum absolute atomic E-state index is 13.3. The van der Waals surface area contributed by atoms with Gasteiger partial charge in [0, 0.05) is 43.6 Å². The number of ether oxygens (including phenoxy) is 2. The number of halogens is 1. The highest BCUT2D eigenvalue weighted by Crippen LogP contribution is 2.33. The van der Waals surface area contributed by atoms with Gasteiger partial charge in [-0.1, -0.05) is 11.6 Å². The number of methoxy groups -OCH3 is 2. The van der Waals surface area contributed by atoms with Crippen LogP contribution >= 0.6 is 22.9 Å². The number of hydrogen-bond donors (Lipinski definition) is 0. The molecule has 1 aliphatic heterocycles. The summed E-state index contributed by atoms with van der Waals surface area (Å²) in [5, 5.41) is 1.03. The van der Waals surface area contributed by atoms with Crippen molar-refractivity contribution in [2.75, 3.05) is 56.7 Å². The monoisotopic (exact) mass is 585 g/mol. The molecule has 0 N–H and O–H groups in total. The number of fused-ring (bicyclic) bond motifs is 1. The first-order valence-corrected chi connectivity index (χ1v) is 14.9. The third-order valence-electron chi connectivity index (χ3n) is 6.86. The molecule has 8 nitrogen and oxygen atoms in total. The molecule has 1 fully saturated rings. The fourth-order valence-electron chi connectivity index (χ4n) is 4.55. The van der Waals surface area contributed by atoms with Crippen molar-refractivity contribution >= 4 is 60.3 Å². The van der Waals surface area contributed by atoms with Gasteiger partial charge in [0.2, 0.25) is 0 Å². The topological polar surface area (TPSA) is 79.4 Å². The van der Waals surface area contributed by atoms with Crippen LogP contribution < -0.4 is 18.7 Å². The van der Waals surface area contributed by atoms with Gasteiger partial charge in [0.15, 0.2) is 0 Å². The quantitative estimate of drug-likeness (QED) is 0.291. The Morgan fingerprint density at radius 1 is 0.923 bits per heavy atom. The molecule has 0 aliphatic carbocycles. The molecule has 39 heavy (non-hydrogen) atoms. The highest BCUT2D eigenvalue weighted by molar-refractivity contribution is 7.92. The molecule has 0 radical (unpaired) electrons. The van der Waals surface area contributed by atoms with Gasteiger partial charge in [-0.3, -0.25) is 9.10 Å². The van der Waals surface area contributed by atoms with Crippen LogP contribution in [0, 0.1) is 0 Å². The summed E-state index contributed by atoms with van der Waals surface area (Å²) in [6.07, 6.45) is 0. The van der Waals surface area contributed by atoms with Crippen LogP contribution in [0.3, 0.4) is 0 Å². The van der Waals surface area contributed by atoms with Crippen LogP contribution in [0.4, 0.5) is 11.4 Å². The van der Waals surface area contributed by atoms with E-state index in [1.54, 1.807) is 19.2 Å². The first kappa shape index (κ1) is 27.1. The van der Waals surface area contributed by atoms with E-state index in [0.717, 1.165) is 34.6 Å². The number of nitrogens with zero attached hydrogens (tertiary/aromatic N) is 3. The summed E-state index contributed by atoms with van der Waals surface area (Å²) in [7, 11) is 0.756. The molecule has 1 aromatic heterocycles. The molecule has 1 aliphatic rings. The van der Waals surface area contributed by atoms with Gasteiger partial charge in [-0.25, -0.2) is 8.42 Å². The molecule has 0 spiro atoms. The lowest BCUT2D eigenvalue weighted by molar-refractivity contribution is 0.0751. The zero-order valence-corrected chi connectivity index (χ0v) is 24.1. The summed E-state index contributed by atoms with van der Waals surface area (Å²) in [6, 6.07) is 19.5. The van der Waals surface area contributed by atoms with E-state index in [0.29, 0.717) is 29.4 Å².